The summed E-state index contributed by atoms with van der Waals surface area (Å²) in [6.07, 6.45) is 6.35. The number of aryl methyl sites for hydroxylation is 1. The summed E-state index contributed by atoms with van der Waals surface area (Å²) in [4.78, 5) is 27.1. The third kappa shape index (κ3) is 3.26. The van der Waals surface area contributed by atoms with Crippen LogP contribution in [0.25, 0.3) is 11.4 Å². The molecule has 0 aliphatic carbocycles. The van der Waals surface area contributed by atoms with Gasteiger partial charge in [-0.25, -0.2) is 9.97 Å². The number of nitro groups is 1. The van der Waals surface area contributed by atoms with Crippen molar-refractivity contribution in [3.8, 4) is 11.4 Å². The molecule has 0 radical (unpaired) electrons. The van der Waals surface area contributed by atoms with Crippen LogP contribution in [-0.4, -0.2) is 24.9 Å². The van der Waals surface area contributed by atoms with Crippen molar-refractivity contribution in [2.45, 2.75) is 6.92 Å². The lowest BCUT2D eigenvalue weighted by Gasteiger charge is -2.08. The van der Waals surface area contributed by atoms with Crippen LogP contribution in [0.4, 0.5) is 17.3 Å². The monoisotopic (exact) mass is 308 g/mol. The highest BCUT2D eigenvalue weighted by molar-refractivity contribution is 5.63. The van der Waals surface area contributed by atoms with Gasteiger partial charge in [-0.05, 0) is 18.6 Å². The molecule has 1 N–H and O–H groups in total. The Morgan fingerprint density at radius 1 is 1.09 bits per heavy atom. The van der Waals surface area contributed by atoms with E-state index in [4.69, 9.17) is 0 Å². The summed E-state index contributed by atoms with van der Waals surface area (Å²) in [5.41, 5.74) is 2.66. The second kappa shape index (κ2) is 6.14. The first-order valence-electron chi connectivity index (χ1n) is 6.75. The Kier molecular flexibility index (Phi) is 3.88. The van der Waals surface area contributed by atoms with Gasteiger partial charge in [-0.1, -0.05) is 6.07 Å². The SMILES string of the molecule is Cc1ccc([N+](=O)[O-])cc1Nc1nccc(-c2cnccn2)n1. The molecule has 8 heteroatoms. The molecule has 3 aromatic rings. The van der Waals surface area contributed by atoms with E-state index in [2.05, 4.69) is 25.3 Å². The number of non-ortho nitro benzene ring substituents is 1. The zero-order valence-corrected chi connectivity index (χ0v) is 12.2. The van der Waals surface area contributed by atoms with E-state index < -0.39 is 4.92 Å². The van der Waals surface area contributed by atoms with E-state index >= 15 is 0 Å². The van der Waals surface area contributed by atoms with Gasteiger partial charge < -0.3 is 5.32 Å². The first-order valence-corrected chi connectivity index (χ1v) is 6.75. The summed E-state index contributed by atoms with van der Waals surface area (Å²) in [6, 6.07) is 6.30. The summed E-state index contributed by atoms with van der Waals surface area (Å²) in [6.45, 7) is 1.85. The highest BCUT2D eigenvalue weighted by Crippen LogP contribution is 2.24. The molecule has 3 rings (SSSR count). The summed E-state index contributed by atoms with van der Waals surface area (Å²) >= 11 is 0. The molecule has 0 saturated carbocycles. The Morgan fingerprint density at radius 2 is 1.96 bits per heavy atom. The minimum atomic E-state index is -0.443. The van der Waals surface area contributed by atoms with E-state index in [1.165, 1.54) is 12.1 Å². The number of nitro benzene ring substituents is 1. The summed E-state index contributed by atoms with van der Waals surface area (Å²) in [7, 11) is 0. The largest absolute Gasteiger partial charge is 0.324 e. The molecule has 2 heterocycles. The Bertz CT molecular complexity index is 854. The topological polar surface area (TPSA) is 107 Å². The maximum atomic E-state index is 10.9. The van der Waals surface area contributed by atoms with Crippen LogP contribution in [0.5, 0.6) is 0 Å². The number of rotatable bonds is 4. The van der Waals surface area contributed by atoms with Crippen LogP contribution in [0.15, 0.2) is 49.1 Å². The first kappa shape index (κ1) is 14.5. The molecule has 0 unspecified atom stereocenters. The second-order valence-corrected chi connectivity index (χ2v) is 4.74. The molecule has 0 saturated heterocycles. The fraction of sp³-hybridized carbons (Fsp3) is 0.0667. The van der Waals surface area contributed by atoms with Gasteiger partial charge in [-0.15, -0.1) is 0 Å². The van der Waals surface area contributed by atoms with Crippen LogP contribution in [0.1, 0.15) is 5.56 Å². The Hall–Kier alpha value is -3.42. The number of benzene rings is 1. The molecule has 1 aromatic carbocycles. The van der Waals surface area contributed by atoms with Crippen LogP contribution < -0.4 is 5.32 Å². The van der Waals surface area contributed by atoms with Crippen molar-refractivity contribution in [2.75, 3.05) is 5.32 Å². The van der Waals surface area contributed by atoms with Crippen LogP contribution in [0.2, 0.25) is 0 Å². The molecule has 0 amide bonds. The number of anilines is 2. The van der Waals surface area contributed by atoms with E-state index in [1.54, 1.807) is 36.9 Å². The zero-order chi connectivity index (χ0) is 16.2. The van der Waals surface area contributed by atoms with E-state index in [0.717, 1.165) is 5.56 Å². The average molecular weight is 308 g/mol. The Morgan fingerprint density at radius 3 is 2.70 bits per heavy atom. The number of hydrogen-bond acceptors (Lipinski definition) is 7. The van der Waals surface area contributed by atoms with Crippen LogP contribution >= 0.6 is 0 Å². The molecule has 0 atom stereocenters. The standard InChI is InChI=1S/C15H12N6O2/c1-10-2-3-11(21(22)23)8-13(10)20-15-18-5-4-12(19-15)14-9-16-6-7-17-14/h2-9H,1H3,(H,18,19,20). The molecular weight excluding hydrogens is 296 g/mol. The van der Waals surface area contributed by atoms with Crippen LogP contribution in [-0.2, 0) is 0 Å². The lowest BCUT2D eigenvalue weighted by Crippen LogP contribution is -2.01. The van der Waals surface area contributed by atoms with Gasteiger partial charge in [0.2, 0.25) is 5.95 Å². The minimum Gasteiger partial charge on any atom is -0.324 e. The van der Waals surface area contributed by atoms with Crippen molar-refractivity contribution in [2.24, 2.45) is 0 Å². The van der Waals surface area contributed by atoms with Crippen molar-refractivity contribution < 1.29 is 4.92 Å². The van der Waals surface area contributed by atoms with Crippen molar-refractivity contribution in [3.05, 3.63) is 64.7 Å². The van der Waals surface area contributed by atoms with Gasteiger partial charge >= 0.3 is 0 Å². The van der Waals surface area contributed by atoms with Gasteiger partial charge in [-0.3, -0.25) is 20.1 Å². The van der Waals surface area contributed by atoms with E-state index in [9.17, 15) is 10.1 Å². The Labute approximate surface area is 131 Å². The molecule has 0 spiro atoms. The van der Waals surface area contributed by atoms with Crippen molar-refractivity contribution in [1.82, 2.24) is 19.9 Å². The van der Waals surface area contributed by atoms with Gasteiger partial charge in [0.25, 0.3) is 5.69 Å². The van der Waals surface area contributed by atoms with E-state index in [0.29, 0.717) is 23.0 Å². The van der Waals surface area contributed by atoms with Crippen LogP contribution in [0, 0.1) is 17.0 Å². The van der Waals surface area contributed by atoms with Gasteiger partial charge in [0, 0.05) is 30.7 Å². The molecule has 114 valence electrons. The fourth-order valence-corrected chi connectivity index (χ4v) is 1.97. The molecule has 0 fully saturated rings. The fourth-order valence-electron chi connectivity index (χ4n) is 1.97. The van der Waals surface area contributed by atoms with Gasteiger partial charge in [-0.2, -0.15) is 0 Å². The van der Waals surface area contributed by atoms with E-state index in [1.807, 2.05) is 6.92 Å². The van der Waals surface area contributed by atoms with E-state index in [-0.39, 0.29) is 5.69 Å². The summed E-state index contributed by atoms with van der Waals surface area (Å²) < 4.78 is 0. The molecule has 0 bridgehead atoms. The van der Waals surface area contributed by atoms with Crippen molar-refractivity contribution in [1.29, 1.82) is 0 Å². The lowest BCUT2D eigenvalue weighted by atomic mass is 10.2. The smallest absolute Gasteiger partial charge is 0.271 e. The normalized spacial score (nSPS) is 10.3. The maximum Gasteiger partial charge on any atom is 0.271 e. The molecule has 0 aliphatic rings. The maximum absolute atomic E-state index is 10.9. The summed E-state index contributed by atoms with van der Waals surface area (Å²) in [5.74, 6) is 0.330. The first-order chi connectivity index (χ1) is 11.1. The highest BCUT2D eigenvalue weighted by Gasteiger charge is 2.10. The van der Waals surface area contributed by atoms with Gasteiger partial charge in [0.1, 0.15) is 5.69 Å². The molecule has 23 heavy (non-hydrogen) atoms. The predicted molar refractivity (Wildman–Crippen MR) is 84.2 cm³/mol. The third-order valence-electron chi connectivity index (χ3n) is 3.16. The number of hydrogen-bond donors (Lipinski definition) is 1. The molecule has 2 aromatic heterocycles. The molecular formula is C15H12N6O2. The minimum absolute atomic E-state index is 0.00295. The number of nitrogens with one attached hydrogen (secondary N) is 1. The van der Waals surface area contributed by atoms with Crippen molar-refractivity contribution >= 4 is 17.3 Å². The molecule has 0 aliphatic heterocycles. The van der Waals surface area contributed by atoms with Gasteiger partial charge in [0.15, 0.2) is 0 Å². The number of nitrogens with zero attached hydrogens (tertiary/aromatic N) is 5. The predicted octanol–water partition coefficient (Wildman–Crippen LogP) is 2.89. The van der Waals surface area contributed by atoms with Gasteiger partial charge in [0.05, 0.1) is 22.5 Å². The average Bonchev–Trinajstić information content (AvgIpc) is 2.58. The highest BCUT2D eigenvalue weighted by atomic mass is 16.6. The third-order valence-corrected chi connectivity index (χ3v) is 3.16. The second-order valence-electron chi connectivity index (χ2n) is 4.74. The molecule has 8 nitrogen and oxygen atoms in total. The van der Waals surface area contributed by atoms with Crippen molar-refractivity contribution in [3.63, 3.8) is 0 Å². The number of aromatic nitrogens is 4. The zero-order valence-electron chi connectivity index (χ0n) is 12.2. The summed E-state index contributed by atoms with van der Waals surface area (Å²) in [5, 5.41) is 13.9. The quantitative estimate of drug-likeness (QED) is 0.583. The lowest BCUT2D eigenvalue weighted by molar-refractivity contribution is -0.384. The Balaban J connectivity index is 1.92. The van der Waals surface area contributed by atoms with Crippen LogP contribution in [0.3, 0.4) is 0 Å².